The fourth-order valence-corrected chi connectivity index (χ4v) is 2.52. The molecular weight excluding hydrogens is 196 g/mol. The Labute approximate surface area is 102 Å². The van der Waals surface area contributed by atoms with Crippen LogP contribution in [-0.2, 0) is 0 Å². The van der Waals surface area contributed by atoms with Gasteiger partial charge in [-0.2, -0.15) is 0 Å². The maximum Gasteiger partial charge on any atom is 0.0105 e. The molecule has 1 saturated heterocycles. The Morgan fingerprint density at radius 1 is 1.25 bits per heavy atom. The maximum atomic E-state index is 3.55. The lowest BCUT2D eigenvalue weighted by Gasteiger charge is -2.30. The van der Waals surface area contributed by atoms with Gasteiger partial charge in [-0.1, -0.05) is 34.1 Å². The molecule has 96 valence electrons. The lowest BCUT2D eigenvalue weighted by Crippen LogP contribution is -2.41. The first kappa shape index (κ1) is 14.0. The van der Waals surface area contributed by atoms with Gasteiger partial charge in [0, 0.05) is 18.6 Å². The van der Waals surface area contributed by atoms with Crippen molar-refractivity contribution in [3.8, 4) is 0 Å². The average Bonchev–Trinajstić information content (AvgIpc) is 2.73. The number of rotatable bonds is 6. The molecule has 1 rings (SSSR count). The first-order valence-electron chi connectivity index (χ1n) is 7.02. The summed E-state index contributed by atoms with van der Waals surface area (Å²) in [5, 5.41) is 3.55. The van der Waals surface area contributed by atoms with E-state index in [-0.39, 0.29) is 0 Å². The van der Waals surface area contributed by atoms with E-state index in [9.17, 15) is 0 Å². The van der Waals surface area contributed by atoms with Crippen LogP contribution in [0.25, 0.3) is 0 Å². The predicted molar refractivity (Wildman–Crippen MR) is 71.7 cm³/mol. The van der Waals surface area contributed by atoms with Crippen LogP contribution < -0.4 is 5.32 Å². The van der Waals surface area contributed by atoms with Crippen LogP contribution in [0.15, 0.2) is 0 Å². The molecule has 1 fully saturated rings. The lowest BCUT2D eigenvalue weighted by atomic mass is 10.0. The molecule has 0 aromatic rings. The summed E-state index contributed by atoms with van der Waals surface area (Å²) >= 11 is 0. The minimum atomic E-state index is 0.608. The minimum absolute atomic E-state index is 0.608. The smallest absolute Gasteiger partial charge is 0.0105 e. The molecule has 0 bridgehead atoms. The van der Waals surface area contributed by atoms with Gasteiger partial charge >= 0.3 is 0 Å². The Morgan fingerprint density at radius 2 is 1.94 bits per heavy atom. The van der Waals surface area contributed by atoms with E-state index in [1.54, 1.807) is 0 Å². The molecule has 3 unspecified atom stereocenters. The summed E-state index contributed by atoms with van der Waals surface area (Å²) in [6.07, 6.45) is 2.76. The molecule has 0 saturated carbocycles. The minimum Gasteiger partial charge on any atom is -0.314 e. The van der Waals surface area contributed by atoms with Crippen LogP contribution in [-0.4, -0.2) is 36.6 Å². The van der Waals surface area contributed by atoms with Crippen molar-refractivity contribution >= 4 is 0 Å². The van der Waals surface area contributed by atoms with E-state index in [1.807, 2.05) is 0 Å². The quantitative estimate of drug-likeness (QED) is 0.749. The third-order valence-electron chi connectivity index (χ3n) is 4.14. The highest BCUT2D eigenvalue weighted by Gasteiger charge is 2.27. The van der Waals surface area contributed by atoms with E-state index in [4.69, 9.17) is 0 Å². The molecule has 0 radical (unpaired) electrons. The molecule has 16 heavy (non-hydrogen) atoms. The number of nitrogens with zero attached hydrogens (tertiary/aromatic N) is 1. The third kappa shape index (κ3) is 4.06. The van der Waals surface area contributed by atoms with Gasteiger partial charge in [0.15, 0.2) is 0 Å². The van der Waals surface area contributed by atoms with Crippen LogP contribution in [0, 0.1) is 11.8 Å². The van der Waals surface area contributed by atoms with Crippen LogP contribution in [0.5, 0.6) is 0 Å². The second-order valence-electron chi connectivity index (χ2n) is 5.84. The van der Waals surface area contributed by atoms with E-state index in [0.29, 0.717) is 6.04 Å². The van der Waals surface area contributed by atoms with Crippen molar-refractivity contribution in [1.82, 2.24) is 10.2 Å². The Morgan fingerprint density at radius 3 is 2.44 bits per heavy atom. The molecule has 0 aliphatic carbocycles. The molecule has 1 heterocycles. The summed E-state index contributed by atoms with van der Waals surface area (Å²) in [6, 6.07) is 1.33. The van der Waals surface area contributed by atoms with Gasteiger partial charge in [-0.05, 0) is 38.3 Å². The lowest BCUT2D eigenvalue weighted by molar-refractivity contribution is 0.187. The zero-order valence-electron chi connectivity index (χ0n) is 11.8. The van der Waals surface area contributed by atoms with Crippen LogP contribution in [0.3, 0.4) is 0 Å². The van der Waals surface area contributed by atoms with E-state index >= 15 is 0 Å². The van der Waals surface area contributed by atoms with Crippen LogP contribution in [0.1, 0.15) is 47.5 Å². The summed E-state index contributed by atoms with van der Waals surface area (Å²) in [7, 11) is 0. The third-order valence-corrected chi connectivity index (χ3v) is 4.14. The molecule has 3 atom stereocenters. The summed E-state index contributed by atoms with van der Waals surface area (Å²) in [5.74, 6) is 1.70. The van der Waals surface area contributed by atoms with Crippen LogP contribution in [0.4, 0.5) is 0 Å². The Hall–Kier alpha value is -0.0800. The van der Waals surface area contributed by atoms with Crippen molar-refractivity contribution in [3.63, 3.8) is 0 Å². The normalized spacial score (nSPS) is 26.2. The SMILES string of the molecule is CCC1CCN(C(C)C(C)CNC(C)C)C1. The average molecular weight is 226 g/mol. The van der Waals surface area contributed by atoms with E-state index in [2.05, 4.69) is 44.8 Å². The van der Waals surface area contributed by atoms with Crippen molar-refractivity contribution in [2.75, 3.05) is 19.6 Å². The zero-order chi connectivity index (χ0) is 12.1. The first-order valence-corrected chi connectivity index (χ1v) is 7.02. The molecule has 1 N–H and O–H groups in total. The number of hydrogen-bond acceptors (Lipinski definition) is 2. The molecule has 0 aromatic carbocycles. The van der Waals surface area contributed by atoms with Gasteiger partial charge in [-0.15, -0.1) is 0 Å². The highest BCUT2D eigenvalue weighted by molar-refractivity contribution is 4.82. The Kier molecular flexibility index (Phi) is 5.77. The molecule has 1 aliphatic heterocycles. The molecule has 0 spiro atoms. The molecule has 2 nitrogen and oxygen atoms in total. The fourth-order valence-electron chi connectivity index (χ4n) is 2.52. The van der Waals surface area contributed by atoms with E-state index < -0.39 is 0 Å². The van der Waals surface area contributed by atoms with Crippen molar-refractivity contribution in [1.29, 1.82) is 0 Å². The predicted octanol–water partition coefficient (Wildman–Crippen LogP) is 2.74. The first-order chi connectivity index (χ1) is 7.54. The Balaban J connectivity index is 2.30. The maximum absolute atomic E-state index is 3.55. The van der Waals surface area contributed by atoms with Gasteiger partial charge in [0.05, 0.1) is 0 Å². The molecule has 2 heteroatoms. The topological polar surface area (TPSA) is 15.3 Å². The highest BCUT2D eigenvalue weighted by atomic mass is 15.2. The van der Waals surface area contributed by atoms with Gasteiger partial charge in [0.1, 0.15) is 0 Å². The summed E-state index contributed by atoms with van der Waals surface area (Å²) in [5.41, 5.74) is 0. The summed E-state index contributed by atoms with van der Waals surface area (Å²) in [4.78, 5) is 2.68. The highest BCUT2D eigenvalue weighted by Crippen LogP contribution is 2.23. The van der Waals surface area contributed by atoms with Gasteiger partial charge in [-0.25, -0.2) is 0 Å². The standard InChI is InChI=1S/C14H30N2/c1-6-14-7-8-16(10-14)13(5)12(4)9-15-11(2)3/h11-15H,6-10H2,1-5H3. The molecular formula is C14H30N2. The number of nitrogens with one attached hydrogen (secondary N) is 1. The molecule has 0 amide bonds. The van der Waals surface area contributed by atoms with Crippen molar-refractivity contribution in [2.45, 2.75) is 59.5 Å². The number of hydrogen-bond donors (Lipinski definition) is 1. The van der Waals surface area contributed by atoms with Crippen molar-refractivity contribution in [2.24, 2.45) is 11.8 Å². The molecule has 0 aromatic heterocycles. The Bertz CT molecular complexity index is 191. The summed E-state index contributed by atoms with van der Waals surface area (Å²) in [6.45, 7) is 15.3. The van der Waals surface area contributed by atoms with Gasteiger partial charge < -0.3 is 10.2 Å². The second-order valence-corrected chi connectivity index (χ2v) is 5.84. The van der Waals surface area contributed by atoms with Gasteiger partial charge in [0.2, 0.25) is 0 Å². The largest absolute Gasteiger partial charge is 0.314 e. The van der Waals surface area contributed by atoms with Crippen molar-refractivity contribution < 1.29 is 0 Å². The van der Waals surface area contributed by atoms with Crippen molar-refractivity contribution in [3.05, 3.63) is 0 Å². The summed E-state index contributed by atoms with van der Waals surface area (Å²) < 4.78 is 0. The monoisotopic (exact) mass is 226 g/mol. The zero-order valence-corrected chi connectivity index (χ0v) is 11.8. The van der Waals surface area contributed by atoms with Crippen LogP contribution in [0.2, 0.25) is 0 Å². The van der Waals surface area contributed by atoms with E-state index in [0.717, 1.165) is 24.4 Å². The molecule has 1 aliphatic rings. The van der Waals surface area contributed by atoms with Gasteiger partial charge in [0.25, 0.3) is 0 Å². The fraction of sp³-hybridized carbons (Fsp3) is 1.00. The number of likely N-dealkylation sites (tertiary alicyclic amines) is 1. The van der Waals surface area contributed by atoms with E-state index in [1.165, 1.54) is 25.9 Å². The van der Waals surface area contributed by atoms with Gasteiger partial charge in [-0.3, -0.25) is 0 Å². The second kappa shape index (κ2) is 6.61. The van der Waals surface area contributed by atoms with Crippen LogP contribution >= 0.6 is 0 Å².